The Bertz CT molecular complexity index is 871. The van der Waals surface area contributed by atoms with Gasteiger partial charge in [-0.2, -0.15) is 0 Å². The second-order valence-electron chi connectivity index (χ2n) is 10.7. The molecule has 3 unspecified atom stereocenters. The molecule has 0 aromatic rings. The van der Waals surface area contributed by atoms with Gasteiger partial charge in [0.05, 0.1) is 42.4 Å². The van der Waals surface area contributed by atoms with Crippen LogP contribution in [0.3, 0.4) is 0 Å². The first-order valence-electron chi connectivity index (χ1n) is 12.8. The molecule has 0 aliphatic carbocycles. The Balaban J connectivity index is 1.70. The molecule has 4 saturated heterocycles. The Morgan fingerprint density at radius 2 is 2.06 bits per heavy atom. The SMILES string of the molecule is C=CCN(CCN1CCOCC1)C(=O)C1N([C@@H](CO)CC(C)C)C(=O)[C@@H]2[C@H](C(=O)O)[C@H]3SC12CC3Br. The summed E-state index contributed by atoms with van der Waals surface area (Å²) in [6.45, 7) is 12.1. The molecule has 4 heterocycles. The molecule has 11 heteroatoms. The molecule has 1 spiro atoms. The smallest absolute Gasteiger partial charge is 0.308 e. The van der Waals surface area contributed by atoms with Crippen molar-refractivity contribution < 1.29 is 29.3 Å². The summed E-state index contributed by atoms with van der Waals surface area (Å²) in [5.74, 6) is -2.93. The number of carbonyl (C=O) groups excluding carboxylic acids is 2. The van der Waals surface area contributed by atoms with Gasteiger partial charge in [-0.15, -0.1) is 18.3 Å². The van der Waals surface area contributed by atoms with Crippen LogP contribution in [0.15, 0.2) is 12.7 Å². The number of carboxylic acids is 1. The lowest BCUT2D eigenvalue weighted by molar-refractivity contribution is -0.150. The lowest BCUT2D eigenvalue weighted by Crippen LogP contribution is -2.58. The molecule has 2 amide bonds. The molecule has 202 valence electrons. The number of thioether (sulfide) groups is 1. The highest BCUT2D eigenvalue weighted by Gasteiger charge is 2.76. The van der Waals surface area contributed by atoms with Crippen molar-refractivity contribution in [3.8, 4) is 0 Å². The van der Waals surface area contributed by atoms with Gasteiger partial charge in [-0.25, -0.2) is 0 Å². The zero-order valence-electron chi connectivity index (χ0n) is 21.1. The maximum atomic E-state index is 14.4. The first kappa shape index (κ1) is 27.9. The van der Waals surface area contributed by atoms with E-state index >= 15 is 0 Å². The number of morpholine rings is 1. The Kier molecular flexibility index (Phi) is 8.76. The molecule has 4 aliphatic heterocycles. The minimum absolute atomic E-state index is 0.0956. The van der Waals surface area contributed by atoms with E-state index in [-0.39, 0.29) is 34.4 Å². The standard InChI is InChI=1S/C25H38BrN3O6S/c1-4-5-28(7-6-27-8-10-35-11-9-27)23(32)21-25-13-17(26)20(36-25)18(24(33)34)19(25)22(31)29(21)16(14-30)12-15(2)3/h4,15-21,30H,1,5-14H2,2-3H3,(H,33,34)/t16-,17?,18+,19+,20+,21?,25?/m1/s1. The number of rotatable bonds is 11. The van der Waals surface area contributed by atoms with Crippen molar-refractivity contribution in [2.45, 2.75) is 53.6 Å². The van der Waals surface area contributed by atoms with Gasteiger partial charge in [0.25, 0.3) is 0 Å². The molecule has 4 fully saturated rings. The highest BCUT2D eigenvalue weighted by molar-refractivity contribution is 9.09. The lowest BCUT2D eigenvalue weighted by Gasteiger charge is -2.40. The molecule has 0 saturated carbocycles. The van der Waals surface area contributed by atoms with E-state index in [1.807, 2.05) is 13.8 Å². The van der Waals surface area contributed by atoms with Crippen molar-refractivity contribution in [2.75, 3.05) is 52.5 Å². The Labute approximate surface area is 225 Å². The van der Waals surface area contributed by atoms with E-state index in [4.69, 9.17) is 4.74 Å². The van der Waals surface area contributed by atoms with E-state index in [0.717, 1.165) is 13.1 Å². The number of alkyl halides is 1. The maximum absolute atomic E-state index is 14.4. The number of aliphatic hydroxyl groups is 1. The number of halogens is 1. The van der Waals surface area contributed by atoms with Crippen molar-refractivity contribution >= 4 is 45.5 Å². The van der Waals surface area contributed by atoms with Crippen molar-refractivity contribution in [2.24, 2.45) is 17.8 Å². The minimum atomic E-state index is -0.996. The molecular weight excluding hydrogens is 550 g/mol. The lowest BCUT2D eigenvalue weighted by atomic mass is 9.71. The molecule has 0 radical (unpaired) electrons. The van der Waals surface area contributed by atoms with Gasteiger partial charge < -0.3 is 24.7 Å². The van der Waals surface area contributed by atoms with E-state index in [0.29, 0.717) is 45.7 Å². The fourth-order valence-corrected chi connectivity index (χ4v) is 10.1. The molecule has 4 rings (SSSR count). The van der Waals surface area contributed by atoms with E-state index in [1.165, 1.54) is 11.8 Å². The maximum Gasteiger partial charge on any atom is 0.308 e. The number of ether oxygens (including phenoxy) is 1. The summed E-state index contributed by atoms with van der Waals surface area (Å²) in [7, 11) is 0. The fourth-order valence-electron chi connectivity index (χ4n) is 6.55. The highest BCUT2D eigenvalue weighted by Crippen LogP contribution is 2.68. The summed E-state index contributed by atoms with van der Waals surface area (Å²) in [6, 6.07) is -1.37. The van der Waals surface area contributed by atoms with E-state index in [2.05, 4.69) is 27.4 Å². The normalized spacial score (nSPS) is 34.8. The van der Waals surface area contributed by atoms with E-state index in [1.54, 1.807) is 15.9 Å². The summed E-state index contributed by atoms with van der Waals surface area (Å²) in [5.41, 5.74) is 0. The molecule has 9 nitrogen and oxygen atoms in total. The number of fused-ring (bicyclic) bond motifs is 1. The van der Waals surface area contributed by atoms with Crippen LogP contribution in [0.2, 0.25) is 0 Å². The third kappa shape index (κ3) is 4.86. The number of carboxylic acid groups (broad SMARTS) is 1. The molecule has 7 atom stereocenters. The van der Waals surface area contributed by atoms with Crippen LogP contribution >= 0.6 is 27.7 Å². The zero-order valence-corrected chi connectivity index (χ0v) is 23.5. The number of nitrogens with zero attached hydrogens (tertiary/aromatic N) is 3. The Hall–Kier alpha value is -1.14. The quantitative estimate of drug-likeness (QED) is 0.275. The van der Waals surface area contributed by atoms with Gasteiger partial charge in [0.2, 0.25) is 11.8 Å². The van der Waals surface area contributed by atoms with Crippen LogP contribution in [-0.4, -0.2) is 122 Å². The minimum Gasteiger partial charge on any atom is -0.481 e. The summed E-state index contributed by atoms with van der Waals surface area (Å²) >= 11 is 5.17. The number of hydrogen-bond donors (Lipinski definition) is 2. The van der Waals surface area contributed by atoms with Crippen LogP contribution in [0.25, 0.3) is 0 Å². The van der Waals surface area contributed by atoms with Crippen LogP contribution in [0, 0.1) is 17.8 Å². The number of carbonyl (C=O) groups is 3. The number of amides is 2. The van der Waals surface area contributed by atoms with Crippen molar-refractivity contribution in [3.63, 3.8) is 0 Å². The van der Waals surface area contributed by atoms with Gasteiger partial charge in [0.1, 0.15) is 6.04 Å². The summed E-state index contributed by atoms with van der Waals surface area (Å²) in [5, 5.41) is 20.2. The molecular formula is C25H38BrN3O6S. The Morgan fingerprint density at radius 3 is 2.64 bits per heavy atom. The van der Waals surface area contributed by atoms with Crippen LogP contribution in [-0.2, 0) is 19.1 Å². The highest BCUT2D eigenvalue weighted by atomic mass is 79.9. The average molecular weight is 589 g/mol. The van der Waals surface area contributed by atoms with Gasteiger partial charge in [-0.05, 0) is 18.8 Å². The summed E-state index contributed by atoms with van der Waals surface area (Å²) < 4.78 is 4.60. The van der Waals surface area contributed by atoms with Gasteiger partial charge >= 0.3 is 5.97 Å². The predicted octanol–water partition coefficient (Wildman–Crippen LogP) is 1.29. The van der Waals surface area contributed by atoms with Crippen molar-refractivity contribution in [3.05, 3.63) is 12.7 Å². The predicted molar refractivity (Wildman–Crippen MR) is 141 cm³/mol. The topological polar surface area (TPSA) is 111 Å². The first-order valence-corrected chi connectivity index (χ1v) is 14.6. The fraction of sp³-hybridized carbons (Fsp3) is 0.800. The van der Waals surface area contributed by atoms with Crippen LogP contribution < -0.4 is 0 Å². The molecule has 4 aliphatic rings. The van der Waals surface area contributed by atoms with E-state index < -0.39 is 34.6 Å². The molecule has 0 aromatic carbocycles. The molecule has 0 aromatic heterocycles. The molecule has 36 heavy (non-hydrogen) atoms. The van der Waals surface area contributed by atoms with Crippen LogP contribution in [0.5, 0.6) is 0 Å². The monoisotopic (exact) mass is 587 g/mol. The van der Waals surface area contributed by atoms with Gasteiger partial charge in [0.15, 0.2) is 0 Å². The van der Waals surface area contributed by atoms with Gasteiger partial charge in [-0.3, -0.25) is 19.3 Å². The van der Waals surface area contributed by atoms with Crippen molar-refractivity contribution in [1.82, 2.24) is 14.7 Å². The Morgan fingerprint density at radius 1 is 1.36 bits per heavy atom. The summed E-state index contributed by atoms with van der Waals surface area (Å²) in [4.78, 5) is 46.2. The first-order chi connectivity index (χ1) is 17.2. The summed E-state index contributed by atoms with van der Waals surface area (Å²) in [6.07, 6.45) is 2.77. The average Bonchev–Trinajstić information content (AvgIpc) is 3.43. The number of aliphatic hydroxyl groups excluding tert-OH is 1. The largest absolute Gasteiger partial charge is 0.481 e. The van der Waals surface area contributed by atoms with Crippen molar-refractivity contribution in [1.29, 1.82) is 0 Å². The van der Waals surface area contributed by atoms with Gasteiger partial charge in [-0.1, -0.05) is 35.9 Å². The molecule has 2 N–H and O–H groups in total. The van der Waals surface area contributed by atoms with E-state index in [9.17, 15) is 24.6 Å². The van der Waals surface area contributed by atoms with Crippen LogP contribution in [0.1, 0.15) is 26.7 Å². The molecule has 2 bridgehead atoms. The number of aliphatic carboxylic acids is 1. The number of hydrogen-bond acceptors (Lipinski definition) is 7. The third-order valence-electron chi connectivity index (χ3n) is 8.04. The zero-order chi connectivity index (χ0) is 26.2. The third-order valence-corrected chi connectivity index (χ3v) is 11.3. The van der Waals surface area contributed by atoms with Crippen LogP contribution in [0.4, 0.5) is 0 Å². The second kappa shape index (κ2) is 11.3. The van der Waals surface area contributed by atoms with Gasteiger partial charge in [0, 0.05) is 42.8 Å². The second-order valence-corrected chi connectivity index (χ2v) is 13.5. The number of likely N-dealkylation sites (tertiary alicyclic amines) is 1.